The van der Waals surface area contributed by atoms with E-state index in [-0.39, 0.29) is 22.9 Å². The van der Waals surface area contributed by atoms with Crippen LogP contribution in [0.2, 0.25) is 0 Å². The molecule has 1 fully saturated rings. The van der Waals surface area contributed by atoms with Gasteiger partial charge in [0.15, 0.2) is 0 Å². The number of hydrogen-bond donors (Lipinski definition) is 2. The van der Waals surface area contributed by atoms with E-state index in [1.54, 1.807) is 19.1 Å². The number of amides is 1. The van der Waals surface area contributed by atoms with E-state index in [1.807, 2.05) is 30.3 Å². The van der Waals surface area contributed by atoms with Gasteiger partial charge in [0.05, 0.1) is 4.90 Å². The van der Waals surface area contributed by atoms with Crippen LogP contribution in [-0.4, -0.2) is 51.9 Å². The second kappa shape index (κ2) is 10.8. The Hall–Kier alpha value is -3.20. The van der Waals surface area contributed by atoms with Gasteiger partial charge in [0.1, 0.15) is 0 Å². The van der Waals surface area contributed by atoms with E-state index in [4.69, 9.17) is 0 Å². The van der Waals surface area contributed by atoms with Crippen LogP contribution in [0.5, 0.6) is 0 Å². The number of carbonyl (C=O) groups is 1. The molecule has 1 aliphatic heterocycles. The summed E-state index contributed by atoms with van der Waals surface area (Å²) in [5.41, 5.74) is 3.41. The Morgan fingerprint density at radius 3 is 2.26 bits per heavy atom. The summed E-state index contributed by atoms with van der Waals surface area (Å²) in [6.07, 6.45) is 0. The first kappa shape index (κ1) is 23.9. The largest absolute Gasteiger partial charge is 0.369 e. The fraction of sp³-hybridized carbons (Fsp3) is 0.269. The van der Waals surface area contributed by atoms with Gasteiger partial charge in [-0.15, -0.1) is 0 Å². The molecule has 1 amide bonds. The summed E-state index contributed by atoms with van der Waals surface area (Å²) in [5.74, 6) is -0.351. The maximum absolute atomic E-state index is 12.7. The quantitative estimate of drug-likeness (QED) is 0.517. The van der Waals surface area contributed by atoms with Crippen molar-refractivity contribution in [2.24, 2.45) is 0 Å². The molecule has 0 spiro atoms. The lowest BCUT2D eigenvalue weighted by Gasteiger charge is -2.36. The van der Waals surface area contributed by atoms with Crippen LogP contribution in [0.15, 0.2) is 83.8 Å². The summed E-state index contributed by atoms with van der Waals surface area (Å²) in [4.78, 5) is 17.6. The van der Waals surface area contributed by atoms with Crippen LogP contribution in [0.4, 0.5) is 11.4 Å². The minimum atomic E-state index is -3.62. The molecule has 178 valence electrons. The summed E-state index contributed by atoms with van der Waals surface area (Å²) in [7, 11) is -3.62. The van der Waals surface area contributed by atoms with Gasteiger partial charge in [-0.25, -0.2) is 13.1 Å². The van der Waals surface area contributed by atoms with Crippen LogP contribution in [-0.2, 0) is 16.6 Å². The molecule has 1 aliphatic rings. The first-order valence-electron chi connectivity index (χ1n) is 11.5. The van der Waals surface area contributed by atoms with Gasteiger partial charge < -0.3 is 10.2 Å². The number of benzene rings is 3. The van der Waals surface area contributed by atoms with Crippen LogP contribution in [0, 0.1) is 0 Å². The molecule has 1 saturated heterocycles. The van der Waals surface area contributed by atoms with Gasteiger partial charge >= 0.3 is 0 Å². The van der Waals surface area contributed by atoms with Gasteiger partial charge in [-0.3, -0.25) is 9.69 Å². The first-order valence-corrected chi connectivity index (χ1v) is 13.0. The lowest BCUT2D eigenvalue weighted by molar-refractivity contribution is 0.102. The molecule has 4 rings (SSSR count). The standard InChI is InChI=1S/C26H30N4O3S/c1-2-27-34(32,33)25-10-6-9-22(19-25)26(31)28-23-11-13-24(14-12-23)30-17-15-29(16-18-30)20-21-7-4-3-5-8-21/h3-14,19,27H,2,15-18,20H2,1H3,(H,28,31). The van der Waals surface area contributed by atoms with Crippen LogP contribution in [0.1, 0.15) is 22.8 Å². The Balaban J connectivity index is 1.33. The van der Waals surface area contributed by atoms with Gasteiger partial charge in [0.25, 0.3) is 5.91 Å². The molecule has 1 heterocycles. The highest BCUT2D eigenvalue weighted by molar-refractivity contribution is 7.89. The molecular formula is C26H30N4O3S. The van der Waals surface area contributed by atoms with Crippen LogP contribution in [0.25, 0.3) is 0 Å². The van der Waals surface area contributed by atoms with E-state index in [0.29, 0.717) is 5.69 Å². The second-order valence-corrected chi connectivity index (χ2v) is 10.0. The molecule has 0 radical (unpaired) electrons. The molecular weight excluding hydrogens is 448 g/mol. The normalized spacial score (nSPS) is 14.7. The molecule has 0 atom stereocenters. The predicted octanol–water partition coefficient (Wildman–Crippen LogP) is 3.56. The van der Waals surface area contributed by atoms with Gasteiger partial charge in [-0.2, -0.15) is 0 Å². The van der Waals surface area contributed by atoms with Crippen molar-refractivity contribution in [1.29, 1.82) is 0 Å². The second-order valence-electron chi connectivity index (χ2n) is 8.28. The smallest absolute Gasteiger partial charge is 0.255 e. The average molecular weight is 479 g/mol. The molecule has 0 unspecified atom stereocenters. The Labute approximate surface area is 201 Å². The third-order valence-corrected chi connectivity index (χ3v) is 7.40. The Kier molecular flexibility index (Phi) is 7.62. The monoisotopic (exact) mass is 478 g/mol. The molecule has 3 aromatic rings. The summed E-state index contributed by atoms with van der Waals surface area (Å²) >= 11 is 0. The number of sulfonamides is 1. The molecule has 0 bridgehead atoms. The summed E-state index contributed by atoms with van der Waals surface area (Å²) in [6, 6.07) is 24.3. The number of rotatable bonds is 8. The molecule has 3 aromatic carbocycles. The van der Waals surface area contributed by atoms with E-state index in [1.165, 1.54) is 17.7 Å². The minimum absolute atomic E-state index is 0.0729. The maximum Gasteiger partial charge on any atom is 0.255 e. The fourth-order valence-corrected chi connectivity index (χ4v) is 5.13. The molecule has 7 nitrogen and oxygen atoms in total. The maximum atomic E-state index is 12.7. The van der Waals surface area contributed by atoms with Crippen LogP contribution < -0.4 is 14.9 Å². The average Bonchev–Trinajstić information content (AvgIpc) is 2.86. The third-order valence-electron chi connectivity index (χ3n) is 5.85. The molecule has 0 aliphatic carbocycles. The zero-order valence-corrected chi connectivity index (χ0v) is 20.1. The molecule has 0 saturated carbocycles. The highest BCUT2D eigenvalue weighted by atomic mass is 32.2. The number of anilines is 2. The lowest BCUT2D eigenvalue weighted by Crippen LogP contribution is -2.45. The number of carbonyl (C=O) groups excluding carboxylic acids is 1. The van der Waals surface area contributed by atoms with Crippen molar-refractivity contribution in [3.05, 3.63) is 90.0 Å². The van der Waals surface area contributed by atoms with Crippen molar-refractivity contribution in [2.75, 3.05) is 42.9 Å². The van der Waals surface area contributed by atoms with E-state index in [2.05, 4.69) is 44.1 Å². The summed E-state index contributed by atoms with van der Waals surface area (Å²) in [5, 5.41) is 2.85. The van der Waals surface area contributed by atoms with E-state index in [9.17, 15) is 13.2 Å². The molecule has 34 heavy (non-hydrogen) atoms. The van der Waals surface area contributed by atoms with Crippen molar-refractivity contribution in [3.8, 4) is 0 Å². The van der Waals surface area contributed by atoms with Crippen molar-refractivity contribution in [1.82, 2.24) is 9.62 Å². The molecule has 0 aromatic heterocycles. The Bertz CT molecular complexity index is 1210. The summed E-state index contributed by atoms with van der Waals surface area (Å²) < 4.78 is 26.9. The topological polar surface area (TPSA) is 81.7 Å². The number of nitrogens with one attached hydrogen (secondary N) is 2. The SMILES string of the molecule is CCNS(=O)(=O)c1cccc(C(=O)Nc2ccc(N3CCN(Cc4ccccc4)CC3)cc2)c1. The van der Waals surface area contributed by atoms with Gasteiger partial charge in [0.2, 0.25) is 10.0 Å². The lowest BCUT2D eigenvalue weighted by atomic mass is 10.2. The van der Waals surface area contributed by atoms with Gasteiger partial charge in [-0.1, -0.05) is 43.3 Å². The zero-order chi connectivity index (χ0) is 24.0. The van der Waals surface area contributed by atoms with Gasteiger partial charge in [-0.05, 0) is 48.0 Å². The van der Waals surface area contributed by atoms with Crippen molar-refractivity contribution in [3.63, 3.8) is 0 Å². The highest BCUT2D eigenvalue weighted by Crippen LogP contribution is 2.21. The van der Waals surface area contributed by atoms with E-state index < -0.39 is 10.0 Å². The Morgan fingerprint density at radius 1 is 0.882 bits per heavy atom. The first-order chi connectivity index (χ1) is 16.4. The number of piperazine rings is 1. The van der Waals surface area contributed by atoms with Crippen molar-refractivity contribution < 1.29 is 13.2 Å². The van der Waals surface area contributed by atoms with Crippen molar-refractivity contribution in [2.45, 2.75) is 18.4 Å². The highest BCUT2D eigenvalue weighted by Gasteiger charge is 2.18. The predicted molar refractivity (Wildman–Crippen MR) is 136 cm³/mol. The van der Waals surface area contributed by atoms with Crippen molar-refractivity contribution >= 4 is 27.3 Å². The van der Waals surface area contributed by atoms with E-state index in [0.717, 1.165) is 38.4 Å². The molecule has 2 N–H and O–H groups in total. The third kappa shape index (κ3) is 6.02. The van der Waals surface area contributed by atoms with E-state index >= 15 is 0 Å². The van der Waals surface area contributed by atoms with Gasteiger partial charge in [0, 0.05) is 56.2 Å². The van der Waals surface area contributed by atoms with Crippen LogP contribution >= 0.6 is 0 Å². The molecule has 8 heteroatoms. The number of nitrogens with zero attached hydrogens (tertiary/aromatic N) is 2. The van der Waals surface area contributed by atoms with Crippen LogP contribution in [0.3, 0.4) is 0 Å². The fourth-order valence-electron chi connectivity index (χ4n) is 4.04. The minimum Gasteiger partial charge on any atom is -0.369 e. The zero-order valence-electron chi connectivity index (χ0n) is 19.3. The Morgan fingerprint density at radius 2 is 1.59 bits per heavy atom. The number of hydrogen-bond acceptors (Lipinski definition) is 5. The summed E-state index contributed by atoms with van der Waals surface area (Å²) in [6.45, 7) is 6.86.